The molecule has 0 aromatic rings. The second kappa shape index (κ2) is 5.43. The highest BCUT2D eigenvalue weighted by atomic mass is 19.4. The lowest BCUT2D eigenvalue weighted by atomic mass is 9.92. The Morgan fingerprint density at radius 3 is 1.30 bits per heavy atom. The Hall–Kier alpha value is -1.70. The van der Waals surface area contributed by atoms with Crippen LogP contribution < -0.4 is 0 Å². The normalized spacial score (nSPS) is 15.0. The van der Waals surface area contributed by atoms with Gasteiger partial charge in [-0.1, -0.05) is 0 Å². The smallest absolute Gasteiger partial charge is 0.386 e. The van der Waals surface area contributed by atoms with Gasteiger partial charge in [0.25, 0.3) is 0 Å². The molecule has 0 amide bonds. The molecule has 23 heavy (non-hydrogen) atoms. The number of aliphatic carboxylic acids is 1. The number of hydrogen-bond acceptors (Lipinski definition) is 2. The first kappa shape index (κ1) is 21.3. The SMILES string of the molecule is O=C(O)C(=O)C(F)(F)C(F)(F)C(F)(F)C(F)(F)C(F)(F)C(F)F. The van der Waals surface area contributed by atoms with Gasteiger partial charge in [-0.05, 0) is 0 Å². The van der Waals surface area contributed by atoms with E-state index in [1.165, 1.54) is 0 Å². The first-order chi connectivity index (χ1) is 9.80. The van der Waals surface area contributed by atoms with Crippen LogP contribution in [0.2, 0.25) is 0 Å². The minimum Gasteiger partial charge on any atom is -0.475 e. The summed E-state index contributed by atoms with van der Waals surface area (Å²) < 4.78 is 150. The van der Waals surface area contributed by atoms with Crippen molar-refractivity contribution in [1.82, 2.24) is 0 Å². The van der Waals surface area contributed by atoms with Gasteiger partial charge in [0, 0.05) is 0 Å². The monoisotopic (exact) mass is 374 g/mol. The average molecular weight is 374 g/mol. The number of hydrogen-bond donors (Lipinski definition) is 1. The largest absolute Gasteiger partial charge is 0.475 e. The second-order valence-electron chi connectivity index (χ2n) is 3.86. The number of Topliss-reactive ketones (excluding diaryl/α,β-unsaturated/α-hetero) is 1. The van der Waals surface area contributed by atoms with Crippen molar-refractivity contribution >= 4 is 11.8 Å². The highest BCUT2D eigenvalue weighted by Gasteiger charge is 2.89. The van der Waals surface area contributed by atoms with Crippen molar-refractivity contribution in [3.8, 4) is 0 Å². The van der Waals surface area contributed by atoms with Crippen molar-refractivity contribution in [2.75, 3.05) is 0 Å². The molecule has 15 heteroatoms. The molecule has 136 valence electrons. The van der Waals surface area contributed by atoms with E-state index in [1.54, 1.807) is 0 Å². The molecule has 3 nitrogen and oxygen atoms in total. The summed E-state index contributed by atoms with van der Waals surface area (Å²) in [7, 11) is 0. The fourth-order valence-electron chi connectivity index (χ4n) is 1.02. The molecule has 0 radical (unpaired) electrons. The number of carboxylic acids is 1. The third-order valence-electron chi connectivity index (χ3n) is 2.36. The molecule has 0 aromatic heterocycles. The fraction of sp³-hybridized carbons (Fsp3) is 0.750. The van der Waals surface area contributed by atoms with Crippen LogP contribution in [0.5, 0.6) is 0 Å². The van der Waals surface area contributed by atoms with E-state index in [0.29, 0.717) is 0 Å². The van der Waals surface area contributed by atoms with Crippen molar-refractivity contribution in [3.05, 3.63) is 0 Å². The molecule has 0 rings (SSSR count). The lowest BCUT2D eigenvalue weighted by Crippen LogP contribution is -2.70. The molecule has 1 N–H and O–H groups in total. The second-order valence-corrected chi connectivity index (χ2v) is 3.86. The number of halogens is 12. The Kier molecular flexibility index (Phi) is 5.03. The zero-order chi connectivity index (χ0) is 19.2. The lowest BCUT2D eigenvalue weighted by Gasteiger charge is -2.38. The summed E-state index contributed by atoms with van der Waals surface area (Å²) in [5.41, 5.74) is 0. The molecule has 0 aliphatic rings. The van der Waals surface area contributed by atoms with Gasteiger partial charge in [-0.2, -0.15) is 43.9 Å². The standard InChI is InChI=1S/C8H2F12O3/c9-3(10)5(13,14)7(17,18)8(19,20)6(15,16)4(11,12)1(21)2(22)23/h3H,(H,22,23). The summed E-state index contributed by atoms with van der Waals surface area (Å²) in [6.45, 7) is 0. The van der Waals surface area contributed by atoms with Crippen LogP contribution in [-0.4, -0.2) is 52.9 Å². The average Bonchev–Trinajstić information content (AvgIpc) is 2.36. The van der Waals surface area contributed by atoms with Gasteiger partial charge in [0.05, 0.1) is 0 Å². The summed E-state index contributed by atoms with van der Waals surface area (Å²) >= 11 is 0. The summed E-state index contributed by atoms with van der Waals surface area (Å²) in [5.74, 6) is -45.3. The molecule has 0 bridgehead atoms. The van der Waals surface area contributed by atoms with E-state index in [9.17, 15) is 62.3 Å². The van der Waals surface area contributed by atoms with Gasteiger partial charge in [-0.15, -0.1) is 0 Å². The van der Waals surface area contributed by atoms with E-state index >= 15 is 0 Å². The maximum absolute atomic E-state index is 12.8. The molecule has 0 atom stereocenters. The number of carboxylic acid groups (broad SMARTS) is 1. The molecule has 0 aromatic carbocycles. The van der Waals surface area contributed by atoms with Crippen molar-refractivity contribution in [1.29, 1.82) is 0 Å². The van der Waals surface area contributed by atoms with Crippen molar-refractivity contribution < 1.29 is 67.4 Å². The number of rotatable bonds is 7. The number of carbonyl (C=O) groups is 2. The van der Waals surface area contributed by atoms with Gasteiger partial charge in [-0.25, -0.2) is 13.6 Å². The Labute approximate surface area is 116 Å². The van der Waals surface area contributed by atoms with Crippen molar-refractivity contribution in [2.24, 2.45) is 0 Å². The molecule has 0 fully saturated rings. The minimum atomic E-state index is -7.92. The topological polar surface area (TPSA) is 54.4 Å². The predicted molar refractivity (Wildman–Crippen MR) is 43.4 cm³/mol. The highest BCUT2D eigenvalue weighted by molar-refractivity contribution is 6.35. The van der Waals surface area contributed by atoms with Crippen LogP contribution in [0.15, 0.2) is 0 Å². The molecule has 0 aliphatic carbocycles. The minimum absolute atomic E-state index is 3.49. The van der Waals surface area contributed by atoms with E-state index in [-0.39, 0.29) is 0 Å². The van der Waals surface area contributed by atoms with Crippen LogP contribution >= 0.6 is 0 Å². The lowest BCUT2D eigenvalue weighted by molar-refractivity contribution is -0.406. The third-order valence-corrected chi connectivity index (χ3v) is 2.36. The summed E-state index contributed by atoms with van der Waals surface area (Å²) in [4.78, 5) is 20.0. The first-order valence-corrected chi connectivity index (χ1v) is 4.75. The van der Waals surface area contributed by atoms with Gasteiger partial charge in [0.2, 0.25) is 0 Å². The Morgan fingerprint density at radius 2 is 1.04 bits per heavy atom. The van der Waals surface area contributed by atoms with Gasteiger partial charge >= 0.3 is 47.8 Å². The van der Waals surface area contributed by atoms with Gasteiger partial charge in [0.1, 0.15) is 0 Å². The zero-order valence-corrected chi connectivity index (χ0v) is 9.88. The predicted octanol–water partition coefficient (Wildman–Crippen LogP) is 3.08. The Balaban J connectivity index is 6.28. The number of ketones is 1. The van der Waals surface area contributed by atoms with E-state index in [0.717, 1.165) is 0 Å². The quantitative estimate of drug-likeness (QED) is 0.551. The van der Waals surface area contributed by atoms with E-state index < -0.39 is 47.8 Å². The third kappa shape index (κ3) is 2.69. The van der Waals surface area contributed by atoms with E-state index in [1.807, 2.05) is 0 Å². The van der Waals surface area contributed by atoms with Crippen LogP contribution in [0.3, 0.4) is 0 Å². The molecule has 0 spiro atoms. The number of carbonyl (C=O) groups excluding carboxylic acids is 1. The molecular weight excluding hydrogens is 372 g/mol. The Morgan fingerprint density at radius 1 is 0.696 bits per heavy atom. The maximum atomic E-state index is 12.8. The van der Waals surface area contributed by atoms with Crippen LogP contribution in [0.25, 0.3) is 0 Å². The Bertz CT molecular complexity index is 497. The van der Waals surface area contributed by atoms with Gasteiger partial charge in [0.15, 0.2) is 0 Å². The summed E-state index contributed by atoms with van der Waals surface area (Å²) in [5, 5.41) is 7.73. The molecule has 0 heterocycles. The fourth-order valence-corrected chi connectivity index (χ4v) is 1.02. The van der Waals surface area contributed by atoms with Crippen molar-refractivity contribution in [3.63, 3.8) is 0 Å². The van der Waals surface area contributed by atoms with Crippen molar-refractivity contribution in [2.45, 2.75) is 36.0 Å². The highest BCUT2D eigenvalue weighted by Crippen LogP contribution is 2.58. The molecule has 0 saturated heterocycles. The summed E-state index contributed by atoms with van der Waals surface area (Å²) in [6, 6.07) is 0. The van der Waals surface area contributed by atoms with Crippen LogP contribution in [0.1, 0.15) is 0 Å². The molecule has 0 aliphatic heterocycles. The van der Waals surface area contributed by atoms with Gasteiger partial charge in [-0.3, -0.25) is 4.79 Å². The molecular formula is C8H2F12O3. The van der Waals surface area contributed by atoms with E-state index in [2.05, 4.69) is 0 Å². The zero-order valence-electron chi connectivity index (χ0n) is 9.88. The first-order valence-electron chi connectivity index (χ1n) is 4.75. The van der Waals surface area contributed by atoms with Gasteiger partial charge < -0.3 is 5.11 Å². The summed E-state index contributed by atoms with van der Waals surface area (Å²) in [6.07, 6.45) is -5.68. The molecule has 0 unspecified atom stereocenters. The molecule has 0 saturated carbocycles. The van der Waals surface area contributed by atoms with Crippen LogP contribution in [0, 0.1) is 0 Å². The number of alkyl halides is 12. The van der Waals surface area contributed by atoms with Crippen LogP contribution in [0.4, 0.5) is 52.7 Å². The van der Waals surface area contributed by atoms with Crippen LogP contribution in [-0.2, 0) is 9.59 Å². The maximum Gasteiger partial charge on any atom is 0.386 e. The van der Waals surface area contributed by atoms with E-state index in [4.69, 9.17) is 5.11 Å².